The lowest BCUT2D eigenvalue weighted by atomic mass is 10.1. The Kier molecular flexibility index (Phi) is 5.25. The molecule has 0 spiro atoms. The van der Waals surface area contributed by atoms with Crippen LogP contribution in [-0.4, -0.2) is 38.4 Å². The molecule has 0 saturated carbocycles. The van der Waals surface area contributed by atoms with E-state index in [0.29, 0.717) is 5.82 Å². The summed E-state index contributed by atoms with van der Waals surface area (Å²) in [4.78, 5) is 5.30. The first kappa shape index (κ1) is 18.4. The minimum atomic E-state index is 0.259. The largest absolute Gasteiger partial charge is 0.497 e. The molecule has 4 rings (SSSR count). The lowest BCUT2D eigenvalue weighted by Crippen LogP contribution is -2.05. The van der Waals surface area contributed by atoms with Crippen LogP contribution in [0.15, 0.2) is 24.3 Å². The van der Waals surface area contributed by atoms with Gasteiger partial charge in [-0.1, -0.05) is 24.7 Å². The first-order chi connectivity index (χ1) is 13.7. The summed E-state index contributed by atoms with van der Waals surface area (Å²) in [7, 11) is 1.64. The fourth-order valence-electron chi connectivity index (χ4n) is 2.88. The molecule has 9 heteroatoms. The summed E-state index contributed by atoms with van der Waals surface area (Å²) in [6.07, 6.45) is 2.24. The average Bonchev–Trinajstić information content (AvgIpc) is 3.26. The van der Waals surface area contributed by atoms with Crippen molar-refractivity contribution in [1.29, 1.82) is 0 Å². The maximum absolute atomic E-state index is 6.09. The SMILES string of the molecule is CCCCNc1nn2c(COc3cc(C)nc4ccc(OC)cc34)nnc2s1. The zero-order valence-corrected chi connectivity index (χ0v) is 16.9. The second-order valence-corrected chi connectivity index (χ2v) is 7.39. The number of hydrogen-bond acceptors (Lipinski definition) is 8. The molecule has 8 nitrogen and oxygen atoms in total. The van der Waals surface area contributed by atoms with Crippen molar-refractivity contribution in [2.24, 2.45) is 0 Å². The minimum Gasteiger partial charge on any atom is -0.497 e. The summed E-state index contributed by atoms with van der Waals surface area (Å²) in [6.45, 7) is 5.27. The topological polar surface area (TPSA) is 86.5 Å². The lowest BCUT2D eigenvalue weighted by Gasteiger charge is -2.10. The van der Waals surface area contributed by atoms with Gasteiger partial charge in [-0.25, -0.2) is 0 Å². The predicted octanol–water partition coefficient (Wildman–Crippen LogP) is 3.84. The van der Waals surface area contributed by atoms with Gasteiger partial charge < -0.3 is 14.8 Å². The summed E-state index contributed by atoms with van der Waals surface area (Å²) >= 11 is 1.49. The Morgan fingerprint density at radius 2 is 2.11 bits per heavy atom. The third-order valence-electron chi connectivity index (χ3n) is 4.32. The van der Waals surface area contributed by atoms with Crippen LogP contribution >= 0.6 is 11.3 Å². The average molecular weight is 398 g/mol. The van der Waals surface area contributed by atoms with E-state index in [0.717, 1.165) is 57.6 Å². The standard InChI is InChI=1S/C19H22N6O2S/c1-4-5-8-20-18-24-25-17(22-23-19(25)28-18)11-27-16-9-12(2)21-15-7-6-13(26-3)10-14(15)16/h6-7,9-10H,4-5,8,11H2,1-3H3,(H,20,24). The quantitative estimate of drug-likeness (QED) is 0.451. The molecule has 0 amide bonds. The number of nitrogens with zero attached hydrogens (tertiary/aromatic N) is 5. The maximum Gasteiger partial charge on any atom is 0.236 e. The van der Waals surface area contributed by atoms with E-state index in [1.807, 2.05) is 31.2 Å². The maximum atomic E-state index is 6.09. The first-order valence-corrected chi connectivity index (χ1v) is 10.0. The van der Waals surface area contributed by atoms with Crippen LogP contribution in [0, 0.1) is 6.92 Å². The molecule has 0 aliphatic carbocycles. The predicted molar refractivity (Wildman–Crippen MR) is 109 cm³/mol. The van der Waals surface area contributed by atoms with E-state index in [-0.39, 0.29) is 6.61 Å². The zero-order valence-electron chi connectivity index (χ0n) is 16.1. The molecular formula is C19H22N6O2S. The third-order valence-corrected chi connectivity index (χ3v) is 5.18. The van der Waals surface area contributed by atoms with Crippen molar-refractivity contribution >= 4 is 32.3 Å². The summed E-state index contributed by atoms with van der Waals surface area (Å²) in [5.41, 5.74) is 1.74. The molecule has 1 N–H and O–H groups in total. The van der Waals surface area contributed by atoms with Gasteiger partial charge in [0.2, 0.25) is 10.1 Å². The van der Waals surface area contributed by atoms with E-state index in [4.69, 9.17) is 9.47 Å². The molecular weight excluding hydrogens is 376 g/mol. The van der Waals surface area contributed by atoms with Crippen LogP contribution < -0.4 is 14.8 Å². The number of fused-ring (bicyclic) bond motifs is 2. The Labute approximate surface area is 166 Å². The molecule has 146 valence electrons. The van der Waals surface area contributed by atoms with E-state index in [1.54, 1.807) is 11.6 Å². The van der Waals surface area contributed by atoms with Gasteiger partial charge in [0, 0.05) is 23.7 Å². The molecule has 3 heterocycles. The minimum absolute atomic E-state index is 0.259. The van der Waals surface area contributed by atoms with Crippen LogP contribution in [0.4, 0.5) is 5.13 Å². The van der Waals surface area contributed by atoms with E-state index in [1.165, 1.54) is 11.3 Å². The number of anilines is 1. The van der Waals surface area contributed by atoms with Crippen LogP contribution in [0.1, 0.15) is 31.3 Å². The van der Waals surface area contributed by atoms with Crippen molar-refractivity contribution in [3.63, 3.8) is 0 Å². The van der Waals surface area contributed by atoms with Crippen LogP contribution in [0.25, 0.3) is 15.9 Å². The van der Waals surface area contributed by atoms with Gasteiger partial charge in [-0.3, -0.25) is 4.98 Å². The number of hydrogen-bond donors (Lipinski definition) is 1. The highest BCUT2D eigenvalue weighted by atomic mass is 32.1. The van der Waals surface area contributed by atoms with Gasteiger partial charge in [-0.15, -0.1) is 15.3 Å². The van der Waals surface area contributed by atoms with Crippen LogP contribution in [0.3, 0.4) is 0 Å². The van der Waals surface area contributed by atoms with Crippen molar-refractivity contribution < 1.29 is 9.47 Å². The first-order valence-electron chi connectivity index (χ1n) is 9.21. The molecule has 0 aliphatic rings. The number of rotatable bonds is 8. The highest BCUT2D eigenvalue weighted by Gasteiger charge is 2.14. The molecule has 0 fully saturated rings. The monoisotopic (exact) mass is 398 g/mol. The van der Waals surface area contributed by atoms with Gasteiger partial charge in [0.05, 0.1) is 12.6 Å². The number of benzene rings is 1. The number of methoxy groups -OCH3 is 1. The number of aromatic nitrogens is 5. The molecule has 0 aliphatic heterocycles. The van der Waals surface area contributed by atoms with Crippen molar-refractivity contribution in [2.45, 2.75) is 33.3 Å². The van der Waals surface area contributed by atoms with Crippen molar-refractivity contribution in [2.75, 3.05) is 19.0 Å². The van der Waals surface area contributed by atoms with Gasteiger partial charge in [0.25, 0.3) is 0 Å². The van der Waals surface area contributed by atoms with E-state index < -0.39 is 0 Å². The fraction of sp³-hybridized carbons (Fsp3) is 0.368. The number of aryl methyl sites for hydroxylation is 1. The normalized spacial score (nSPS) is 11.2. The number of nitrogens with one attached hydrogen (secondary N) is 1. The second kappa shape index (κ2) is 7.97. The van der Waals surface area contributed by atoms with Crippen LogP contribution in [-0.2, 0) is 6.61 Å². The molecule has 3 aromatic heterocycles. The number of pyridine rings is 1. The molecule has 0 bridgehead atoms. The van der Waals surface area contributed by atoms with Crippen molar-refractivity contribution in [3.05, 3.63) is 35.8 Å². The Bertz CT molecular complexity index is 1110. The van der Waals surface area contributed by atoms with Gasteiger partial charge in [-0.05, 0) is 31.5 Å². The fourth-order valence-corrected chi connectivity index (χ4v) is 3.66. The van der Waals surface area contributed by atoms with Crippen molar-refractivity contribution in [3.8, 4) is 11.5 Å². The highest BCUT2D eigenvalue weighted by molar-refractivity contribution is 7.20. The molecule has 4 aromatic rings. The zero-order chi connectivity index (χ0) is 19.5. The summed E-state index contributed by atoms with van der Waals surface area (Å²) < 4.78 is 13.2. The second-order valence-electron chi connectivity index (χ2n) is 6.43. The van der Waals surface area contributed by atoms with Gasteiger partial charge >= 0.3 is 0 Å². The Morgan fingerprint density at radius 3 is 2.93 bits per heavy atom. The van der Waals surface area contributed by atoms with Gasteiger partial charge in [-0.2, -0.15) is 4.52 Å². The van der Waals surface area contributed by atoms with Gasteiger partial charge in [0.15, 0.2) is 5.82 Å². The number of unbranched alkanes of at least 4 members (excludes halogenated alkanes) is 1. The van der Waals surface area contributed by atoms with Crippen molar-refractivity contribution in [1.82, 2.24) is 24.8 Å². The third kappa shape index (κ3) is 3.70. The lowest BCUT2D eigenvalue weighted by molar-refractivity contribution is 0.296. The van der Waals surface area contributed by atoms with E-state index in [2.05, 4.69) is 32.5 Å². The molecule has 1 aromatic carbocycles. The van der Waals surface area contributed by atoms with E-state index >= 15 is 0 Å². The summed E-state index contributed by atoms with van der Waals surface area (Å²) in [5, 5.41) is 18.0. The molecule has 0 saturated heterocycles. The van der Waals surface area contributed by atoms with Crippen LogP contribution in [0.2, 0.25) is 0 Å². The molecule has 0 unspecified atom stereocenters. The Hall–Kier alpha value is -2.94. The molecule has 28 heavy (non-hydrogen) atoms. The van der Waals surface area contributed by atoms with E-state index in [9.17, 15) is 0 Å². The van der Waals surface area contributed by atoms with Gasteiger partial charge in [0.1, 0.15) is 18.1 Å². The Balaban J connectivity index is 1.57. The molecule has 0 atom stereocenters. The summed E-state index contributed by atoms with van der Waals surface area (Å²) in [5.74, 6) is 2.14. The molecule has 0 radical (unpaired) electrons. The van der Waals surface area contributed by atoms with Crippen LogP contribution in [0.5, 0.6) is 11.5 Å². The smallest absolute Gasteiger partial charge is 0.236 e. The summed E-state index contributed by atoms with van der Waals surface area (Å²) in [6, 6.07) is 7.66. The highest BCUT2D eigenvalue weighted by Crippen LogP contribution is 2.29. The Morgan fingerprint density at radius 1 is 1.21 bits per heavy atom. The number of ether oxygens (including phenoxy) is 2.